The Balaban J connectivity index is 1.66. The topological polar surface area (TPSA) is 47.6 Å². The third-order valence-electron chi connectivity index (χ3n) is 4.11. The molecule has 4 nitrogen and oxygen atoms in total. The Hall–Kier alpha value is -3.41. The summed E-state index contributed by atoms with van der Waals surface area (Å²) >= 11 is 0. The van der Waals surface area contributed by atoms with Crippen LogP contribution in [0.4, 0.5) is 8.78 Å². The Labute approximate surface area is 161 Å². The fourth-order valence-corrected chi connectivity index (χ4v) is 2.66. The van der Waals surface area contributed by atoms with E-state index in [-0.39, 0.29) is 6.54 Å². The maximum absolute atomic E-state index is 13.7. The number of hydrogen-bond acceptors (Lipinski definition) is 3. The first-order valence-corrected chi connectivity index (χ1v) is 8.64. The van der Waals surface area contributed by atoms with Gasteiger partial charge < -0.3 is 14.8 Å². The summed E-state index contributed by atoms with van der Waals surface area (Å²) in [6, 6.07) is 18.2. The lowest BCUT2D eigenvalue weighted by Crippen LogP contribution is -2.25. The smallest absolute Gasteiger partial charge is 0.257 e. The van der Waals surface area contributed by atoms with Gasteiger partial charge in [-0.2, -0.15) is 0 Å². The quantitative estimate of drug-likeness (QED) is 0.654. The lowest BCUT2D eigenvalue weighted by atomic mass is 10.1. The molecule has 0 spiro atoms. The maximum Gasteiger partial charge on any atom is 0.257 e. The molecular weight excluding hydrogens is 364 g/mol. The van der Waals surface area contributed by atoms with Gasteiger partial charge in [0, 0.05) is 6.54 Å². The van der Waals surface area contributed by atoms with E-state index in [9.17, 15) is 13.6 Å². The first-order valence-electron chi connectivity index (χ1n) is 8.64. The summed E-state index contributed by atoms with van der Waals surface area (Å²) in [6.45, 7) is 0.474. The predicted molar refractivity (Wildman–Crippen MR) is 101 cm³/mol. The molecule has 144 valence electrons. The Morgan fingerprint density at radius 1 is 0.893 bits per heavy atom. The molecule has 6 heteroatoms. The Morgan fingerprint density at radius 3 is 2.29 bits per heavy atom. The number of hydrogen-bond donors (Lipinski definition) is 1. The number of benzene rings is 3. The molecule has 3 aromatic rings. The van der Waals surface area contributed by atoms with E-state index in [1.807, 2.05) is 30.3 Å². The molecule has 3 rings (SSSR count). The first kappa shape index (κ1) is 19.4. The maximum atomic E-state index is 13.7. The largest absolute Gasteiger partial charge is 0.493 e. The van der Waals surface area contributed by atoms with Crippen LogP contribution in [0.15, 0.2) is 66.7 Å². The van der Waals surface area contributed by atoms with Crippen molar-refractivity contribution < 1.29 is 23.0 Å². The minimum atomic E-state index is -0.903. The summed E-state index contributed by atoms with van der Waals surface area (Å²) in [5.74, 6) is -1.57. The van der Waals surface area contributed by atoms with Crippen LogP contribution in [0.1, 0.15) is 21.5 Å². The Kier molecular flexibility index (Phi) is 6.22. The van der Waals surface area contributed by atoms with Crippen molar-refractivity contribution >= 4 is 5.91 Å². The summed E-state index contributed by atoms with van der Waals surface area (Å²) in [7, 11) is 1.52. The van der Waals surface area contributed by atoms with Crippen molar-refractivity contribution in [3.63, 3.8) is 0 Å². The van der Waals surface area contributed by atoms with Crippen LogP contribution in [0.5, 0.6) is 11.5 Å². The second-order valence-electron chi connectivity index (χ2n) is 6.04. The second kappa shape index (κ2) is 8.99. The summed E-state index contributed by atoms with van der Waals surface area (Å²) < 4.78 is 38.5. The highest BCUT2D eigenvalue weighted by molar-refractivity contribution is 5.94. The van der Waals surface area contributed by atoms with E-state index in [2.05, 4.69) is 5.32 Å². The Bertz CT molecular complexity index is 941. The third kappa shape index (κ3) is 4.65. The zero-order chi connectivity index (χ0) is 19.9. The van der Waals surface area contributed by atoms with Gasteiger partial charge in [0.05, 0.1) is 7.11 Å². The highest BCUT2D eigenvalue weighted by Gasteiger charge is 2.17. The van der Waals surface area contributed by atoms with E-state index in [4.69, 9.17) is 9.47 Å². The van der Waals surface area contributed by atoms with Crippen molar-refractivity contribution in [3.8, 4) is 11.5 Å². The fraction of sp³-hybridized carbons (Fsp3) is 0.136. The van der Waals surface area contributed by atoms with Crippen LogP contribution >= 0.6 is 0 Å². The molecule has 0 unspecified atom stereocenters. The zero-order valence-electron chi connectivity index (χ0n) is 15.2. The number of carbonyl (C=O) groups is 1. The lowest BCUT2D eigenvalue weighted by molar-refractivity contribution is 0.0942. The number of methoxy groups -OCH3 is 1. The highest BCUT2D eigenvalue weighted by atomic mass is 19.1. The average molecular weight is 383 g/mol. The van der Waals surface area contributed by atoms with Gasteiger partial charge in [0.25, 0.3) is 5.91 Å². The number of amides is 1. The van der Waals surface area contributed by atoms with E-state index in [0.717, 1.165) is 17.7 Å². The molecule has 0 atom stereocenters. The number of rotatable bonds is 7. The molecule has 28 heavy (non-hydrogen) atoms. The molecule has 0 aromatic heterocycles. The van der Waals surface area contributed by atoms with Gasteiger partial charge in [-0.15, -0.1) is 0 Å². The normalized spacial score (nSPS) is 10.4. The van der Waals surface area contributed by atoms with E-state index < -0.39 is 23.1 Å². The molecule has 0 aliphatic carbocycles. The van der Waals surface area contributed by atoms with Gasteiger partial charge in [0.15, 0.2) is 11.5 Å². The van der Waals surface area contributed by atoms with Crippen molar-refractivity contribution in [1.82, 2.24) is 5.32 Å². The van der Waals surface area contributed by atoms with Gasteiger partial charge in [-0.05, 0) is 35.4 Å². The molecule has 0 fully saturated rings. The summed E-state index contributed by atoms with van der Waals surface area (Å²) in [6.07, 6.45) is 0. The van der Waals surface area contributed by atoms with Gasteiger partial charge >= 0.3 is 0 Å². The lowest BCUT2D eigenvalue weighted by Gasteiger charge is -2.13. The molecule has 1 amide bonds. The van der Waals surface area contributed by atoms with Crippen LogP contribution in [0, 0.1) is 11.6 Å². The highest BCUT2D eigenvalue weighted by Crippen LogP contribution is 2.29. The van der Waals surface area contributed by atoms with Crippen LogP contribution in [0.3, 0.4) is 0 Å². The minimum absolute atomic E-state index is 0.0853. The van der Waals surface area contributed by atoms with Crippen molar-refractivity contribution in [1.29, 1.82) is 0 Å². The summed E-state index contributed by atoms with van der Waals surface area (Å²) in [5, 5.41) is 2.51. The average Bonchev–Trinajstić information content (AvgIpc) is 2.71. The second-order valence-corrected chi connectivity index (χ2v) is 6.04. The van der Waals surface area contributed by atoms with Crippen LogP contribution in [0.25, 0.3) is 0 Å². The number of carbonyl (C=O) groups excluding carboxylic acids is 1. The van der Waals surface area contributed by atoms with E-state index in [1.54, 1.807) is 18.2 Å². The first-order chi connectivity index (χ1) is 13.6. The fourth-order valence-electron chi connectivity index (χ4n) is 2.66. The van der Waals surface area contributed by atoms with E-state index >= 15 is 0 Å². The Morgan fingerprint density at radius 2 is 1.61 bits per heavy atom. The third-order valence-corrected chi connectivity index (χ3v) is 4.11. The van der Waals surface area contributed by atoms with Gasteiger partial charge in [0.2, 0.25) is 0 Å². The molecule has 0 aliphatic heterocycles. The van der Waals surface area contributed by atoms with E-state index in [1.165, 1.54) is 13.2 Å². The van der Waals surface area contributed by atoms with Crippen molar-refractivity contribution in [2.24, 2.45) is 0 Å². The van der Waals surface area contributed by atoms with E-state index in [0.29, 0.717) is 23.7 Å². The molecule has 0 aliphatic rings. The van der Waals surface area contributed by atoms with Gasteiger partial charge in [-0.3, -0.25) is 4.79 Å². The molecule has 0 radical (unpaired) electrons. The molecule has 0 heterocycles. The monoisotopic (exact) mass is 383 g/mol. The molecule has 0 saturated heterocycles. The van der Waals surface area contributed by atoms with Gasteiger partial charge in [-0.25, -0.2) is 8.78 Å². The van der Waals surface area contributed by atoms with Crippen LogP contribution in [-0.2, 0) is 13.2 Å². The van der Waals surface area contributed by atoms with Gasteiger partial charge in [0.1, 0.15) is 23.8 Å². The summed E-state index contributed by atoms with van der Waals surface area (Å²) in [5.41, 5.74) is 1.12. The minimum Gasteiger partial charge on any atom is -0.493 e. The molecule has 0 saturated carbocycles. The van der Waals surface area contributed by atoms with Crippen molar-refractivity contribution in [2.45, 2.75) is 13.2 Å². The standard InChI is InChI=1S/C22H19F2NO3/c1-27-20-12-16(10-11-19(20)28-14-15-6-3-2-4-7-15)13-25-22(26)21-17(23)8-5-9-18(21)24/h2-12H,13-14H2,1H3,(H,25,26). The van der Waals surface area contributed by atoms with Gasteiger partial charge in [-0.1, -0.05) is 42.5 Å². The number of halogens is 2. The SMILES string of the molecule is COc1cc(CNC(=O)c2c(F)cccc2F)ccc1OCc1ccccc1. The molecule has 3 aromatic carbocycles. The summed E-state index contributed by atoms with van der Waals surface area (Å²) in [4.78, 5) is 12.1. The van der Waals surface area contributed by atoms with Crippen LogP contribution < -0.4 is 14.8 Å². The van der Waals surface area contributed by atoms with Crippen LogP contribution in [-0.4, -0.2) is 13.0 Å². The number of ether oxygens (including phenoxy) is 2. The van der Waals surface area contributed by atoms with Crippen LogP contribution in [0.2, 0.25) is 0 Å². The molecular formula is C22H19F2NO3. The molecule has 1 N–H and O–H groups in total. The number of nitrogens with one attached hydrogen (secondary N) is 1. The zero-order valence-corrected chi connectivity index (χ0v) is 15.2. The predicted octanol–water partition coefficient (Wildman–Crippen LogP) is 4.48. The van der Waals surface area contributed by atoms with Crippen molar-refractivity contribution in [2.75, 3.05) is 7.11 Å². The molecule has 0 bridgehead atoms. The van der Waals surface area contributed by atoms with Crippen molar-refractivity contribution in [3.05, 3.63) is 95.1 Å².